The lowest BCUT2D eigenvalue weighted by Gasteiger charge is -2.25. The van der Waals surface area contributed by atoms with Crippen molar-refractivity contribution < 1.29 is 0 Å². The summed E-state index contributed by atoms with van der Waals surface area (Å²) in [5.41, 5.74) is 1.50. The fourth-order valence-electron chi connectivity index (χ4n) is 3.59. The molecule has 1 N–H and O–H groups in total. The van der Waals surface area contributed by atoms with Gasteiger partial charge >= 0.3 is 0 Å². The maximum absolute atomic E-state index is 3.40. The molecule has 0 amide bonds. The highest BCUT2D eigenvalue weighted by molar-refractivity contribution is 5.14. The van der Waals surface area contributed by atoms with Crippen LogP contribution in [0.4, 0.5) is 0 Å². The van der Waals surface area contributed by atoms with Crippen molar-refractivity contribution >= 4 is 0 Å². The minimum absolute atomic E-state index is 0.920. The Bertz CT molecular complexity index is 333. The van der Waals surface area contributed by atoms with Gasteiger partial charge in [0.15, 0.2) is 0 Å². The van der Waals surface area contributed by atoms with Gasteiger partial charge in [0.2, 0.25) is 0 Å². The van der Waals surface area contributed by atoms with Crippen LogP contribution < -0.4 is 5.32 Å². The lowest BCUT2D eigenvalue weighted by Crippen LogP contribution is -2.25. The molecule has 19 heavy (non-hydrogen) atoms. The maximum Gasteiger partial charge on any atom is -0.00209 e. The summed E-state index contributed by atoms with van der Waals surface area (Å²) in [6.45, 7) is 1.22. The van der Waals surface area contributed by atoms with Crippen LogP contribution in [0.5, 0.6) is 0 Å². The van der Waals surface area contributed by atoms with Crippen LogP contribution in [0.25, 0.3) is 0 Å². The second-order valence-electron chi connectivity index (χ2n) is 6.09. The summed E-state index contributed by atoms with van der Waals surface area (Å²) in [5.74, 6) is 1.88. The van der Waals surface area contributed by atoms with E-state index in [1.807, 2.05) is 0 Å². The van der Waals surface area contributed by atoms with Gasteiger partial charge in [-0.05, 0) is 56.7 Å². The zero-order valence-corrected chi connectivity index (χ0v) is 12.4. The van der Waals surface area contributed by atoms with E-state index in [2.05, 4.69) is 42.7 Å². The Kier molecular flexibility index (Phi) is 6.43. The lowest BCUT2D eigenvalue weighted by molar-refractivity contribution is 0.283. The molecule has 1 aromatic rings. The van der Waals surface area contributed by atoms with E-state index in [1.165, 1.54) is 63.5 Å². The van der Waals surface area contributed by atoms with Crippen LogP contribution >= 0.6 is 0 Å². The van der Waals surface area contributed by atoms with Gasteiger partial charge in [-0.1, -0.05) is 56.0 Å². The van der Waals surface area contributed by atoms with Crippen molar-refractivity contribution in [1.29, 1.82) is 0 Å². The number of rotatable bonds is 6. The smallest absolute Gasteiger partial charge is 0.00209 e. The van der Waals surface area contributed by atoms with E-state index in [4.69, 9.17) is 0 Å². The zero-order valence-electron chi connectivity index (χ0n) is 12.4. The van der Waals surface area contributed by atoms with Crippen molar-refractivity contribution in [2.24, 2.45) is 11.8 Å². The first-order valence-electron chi connectivity index (χ1n) is 8.08. The molecular weight excluding hydrogens is 230 g/mol. The molecule has 2 atom stereocenters. The second-order valence-corrected chi connectivity index (χ2v) is 6.09. The highest BCUT2D eigenvalue weighted by Gasteiger charge is 2.22. The number of aryl methyl sites for hydroxylation is 1. The molecule has 106 valence electrons. The molecule has 0 radical (unpaired) electrons. The van der Waals surface area contributed by atoms with Gasteiger partial charge in [0.1, 0.15) is 0 Å². The van der Waals surface area contributed by atoms with Crippen LogP contribution in [-0.4, -0.2) is 13.6 Å². The van der Waals surface area contributed by atoms with E-state index >= 15 is 0 Å². The molecule has 0 saturated heterocycles. The van der Waals surface area contributed by atoms with Crippen LogP contribution in [0, 0.1) is 11.8 Å². The Morgan fingerprint density at radius 1 is 1.00 bits per heavy atom. The second kappa shape index (κ2) is 8.37. The summed E-state index contributed by atoms with van der Waals surface area (Å²) in [6.07, 6.45) is 11.3. The van der Waals surface area contributed by atoms with Gasteiger partial charge in [0, 0.05) is 0 Å². The van der Waals surface area contributed by atoms with E-state index in [0.29, 0.717) is 0 Å². The molecule has 1 nitrogen and oxygen atoms in total. The van der Waals surface area contributed by atoms with Crippen molar-refractivity contribution in [3.63, 3.8) is 0 Å². The molecule has 0 bridgehead atoms. The minimum atomic E-state index is 0.920. The molecule has 0 heterocycles. The zero-order chi connectivity index (χ0) is 13.3. The summed E-state index contributed by atoms with van der Waals surface area (Å²) < 4.78 is 0. The summed E-state index contributed by atoms with van der Waals surface area (Å²) in [6, 6.07) is 10.9. The SMILES string of the molecule is CNCC1CCCCCC1CCCc1ccccc1. The summed E-state index contributed by atoms with van der Waals surface area (Å²) in [7, 11) is 2.10. The molecule has 1 aromatic carbocycles. The molecule has 0 aromatic heterocycles. The molecular formula is C18H29N. The maximum atomic E-state index is 3.40. The van der Waals surface area contributed by atoms with E-state index in [1.54, 1.807) is 0 Å². The number of benzene rings is 1. The first-order valence-corrected chi connectivity index (χ1v) is 8.08. The highest BCUT2D eigenvalue weighted by atomic mass is 14.8. The van der Waals surface area contributed by atoms with Gasteiger partial charge in [0.05, 0.1) is 0 Å². The third-order valence-electron chi connectivity index (χ3n) is 4.67. The molecule has 1 heteroatoms. The Hall–Kier alpha value is -0.820. The molecule has 0 spiro atoms. The van der Waals surface area contributed by atoms with E-state index in [0.717, 1.165) is 11.8 Å². The quantitative estimate of drug-likeness (QED) is 0.745. The van der Waals surface area contributed by atoms with E-state index < -0.39 is 0 Å². The molecule has 2 unspecified atom stereocenters. The standard InChI is InChI=1S/C18H29N/c1-19-15-18-13-7-3-6-12-17(18)14-8-11-16-9-4-2-5-10-16/h2,4-5,9-10,17-19H,3,6-8,11-15H2,1H3. The van der Waals surface area contributed by atoms with Crippen molar-refractivity contribution in [3.05, 3.63) is 35.9 Å². The van der Waals surface area contributed by atoms with E-state index in [-0.39, 0.29) is 0 Å². The van der Waals surface area contributed by atoms with Crippen molar-refractivity contribution in [2.45, 2.75) is 51.4 Å². The van der Waals surface area contributed by atoms with Crippen LogP contribution in [0.15, 0.2) is 30.3 Å². The fourth-order valence-corrected chi connectivity index (χ4v) is 3.59. The minimum Gasteiger partial charge on any atom is -0.319 e. The average molecular weight is 259 g/mol. The third-order valence-corrected chi connectivity index (χ3v) is 4.67. The topological polar surface area (TPSA) is 12.0 Å². The van der Waals surface area contributed by atoms with Crippen LogP contribution in [0.1, 0.15) is 50.5 Å². The summed E-state index contributed by atoms with van der Waals surface area (Å²) in [5, 5.41) is 3.40. The number of hydrogen-bond donors (Lipinski definition) is 1. The highest BCUT2D eigenvalue weighted by Crippen LogP contribution is 2.32. The van der Waals surface area contributed by atoms with Crippen molar-refractivity contribution in [1.82, 2.24) is 5.32 Å². The number of nitrogens with one attached hydrogen (secondary N) is 1. The Morgan fingerprint density at radius 2 is 1.74 bits per heavy atom. The van der Waals surface area contributed by atoms with E-state index in [9.17, 15) is 0 Å². The van der Waals surface area contributed by atoms with Crippen LogP contribution in [0.3, 0.4) is 0 Å². The first kappa shape index (κ1) is 14.6. The average Bonchev–Trinajstić information content (AvgIpc) is 2.66. The van der Waals surface area contributed by atoms with Crippen molar-refractivity contribution in [2.75, 3.05) is 13.6 Å². The monoisotopic (exact) mass is 259 g/mol. The molecule has 2 rings (SSSR count). The Labute approximate surface area is 118 Å². The van der Waals surface area contributed by atoms with Gasteiger partial charge in [-0.25, -0.2) is 0 Å². The third kappa shape index (κ3) is 4.99. The molecule has 1 fully saturated rings. The molecule has 1 aliphatic carbocycles. The van der Waals surface area contributed by atoms with Crippen LogP contribution in [-0.2, 0) is 6.42 Å². The van der Waals surface area contributed by atoms with Gasteiger partial charge in [-0.2, -0.15) is 0 Å². The lowest BCUT2D eigenvalue weighted by atomic mass is 9.83. The van der Waals surface area contributed by atoms with Gasteiger partial charge in [0.25, 0.3) is 0 Å². The molecule has 1 aliphatic rings. The van der Waals surface area contributed by atoms with Gasteiger partial charge in [-0.15, -0.1) is 0 Å². The molecule has 0 aliphatic heterocycles. The predicted octanol–water partition coefficient (Wildman–Crippen LogP) is 4.43. The first-order chi connectivity index (χ1) is 9.40. The van der Waals surface area contributed by atoms with Gasteiger partial charge < -0.3 is 5.32 Å². The Balaban J connectivity index is 1.78. The summed E-state index contributed by atoms with van der Waals surface area (Å²) in [4.78, 5) is 0. The largest absolute Gasteiger partial charge is 0.319 e. The Morgan fingerprint density at radius 3 is 2.47 bits per heavy atom. The van der Waals surface area contributed by atoms with Crippen molar-refractivity contribution in [3.8, 4) is 0 Å². The van der Waals surface area contributed by atoms with Gasteiger partial charge in [-0.3, -0.25) is 0 Å². The summed E-state index contributed by atoms with van der Waals surface area (Å²) >= 11 is 0. The predicted molar refractivity (Wildman–Crippen MR) is 83.4 cm³/mol. The normalized spacial score (nSPS) is 24.1. The molecule has 1 saturated carbocycles. The fraction of sp³-hybridized carbons (Fsp3) is 0.667. The van der Waals surface area contributed by atoms with Crippen LogP contribution in [0.2, 0.25) is 0 Å². The number of hydrogen-bond acceptors (Lipinski definition) is 1.